The lowest BCUT2D eigenvalue weighted by Crippen LogP contribution is -3.28. The molecule has 0 radical (unpaired) electrons. The molecule has 0 saturated carbocycles. The molecule has 3 N–H and O–H groups in total. The predicted octanol–water partition coefficient (Wildman–Crippen LogP) is 0.0639. The molecule has 2 aliphatic rings. The first-order valence-corrected chi connectivity index (χ1v) is 10.9. The van der Waals surface area contributed by atoms with Crippen molar-refractivity contribution in [2.24, 2.45) is 0 Å². The van der Waals surface area contributed by atoms with Crippen LogP contribution in [0.1, 0.15) is 22.3 Å². The van der Waals surface area contributed by atoms with Crippen molar-refractivity contribution in [3.63, 3.8) is 0 Å². The number of aliphatic hydroxyl groups is 1. The van der Waals surface area contributed by atoms with Crippen molar-refractivity contribution in [1.29, 1.82) is 0 Å². The van der Waals surface area contributed by atoms with Gasteiger partial charge in [0.2, 0.25) is 6.79 Å². The molecule has 0 unspecified atom stereocenters. The SMILES string of the molecule is Cc1cc(C)c(OC[C@@H](O)C[NH+]2CC[NH+](Cc3ccc4c(c3)OCO4)CC2)c(C)c1. The van der Waals surface area contributed by atoms with Gasteiger partial charge >= 0.3 is 0 Å². The van der Waals surface area contributed by atoms with Crippen LogP contribution < -0.4 is 24.0 Å². The zero-order valence-corrected chi connectivity index (χ0v) is 18.3. The summed E-state index contributed by atoms with van der Waals surface area (Å²) in [6, 6.07) is 10.5. The van der Waals surface area contributed by atoms with Crippen LogP contribution in [0, 0.1) is 20.8 Å². The fourth-order valence-corrected chi connectivity index (χ4v) is 4.64. The van der Waals surface area contributed by atoms with Crippen molar-refractivity contribution in [3.05, 3.63) is 52.6 Å². The van der Waals surface area contributed by atoms with E-state index >= 15 is 0 Å². The van der Waals surface area contributed by atoms with Crippen LogP contribution in [-0.2, 0) is 6.54 Å². The van der Waals surface area contributed by atoms with E-state index < -0.39 is 6.10 Å². The Morgan fingerprint density at radius 2 is 1.60 bits per heavy atom. The van der Waals surface area contributed by atoms with Gasteiger partial charge in [0.15, 0.2) is 11.5 Å². The summed E-state index contributed by atoms with van der Waals surface area (Å²) in [4.78, 5) is 3.03. The molecule has 2 aromatic rings. The average Bonchev–Trinajstić information content (AvgIpc) is 3.16. The summed E-state index contributed by atoms with van der Waals surface area (Å²) < 4.78 is 16.9. The van der Waals surface area contributed by atoms with Gasteiger partial charge in [0.05, 0.1) is 0 Å². The van der Waals surface area contributed by atoms with Crippen LogP contribution in [0.4, 0.5) is 0 Å². The number of ether oxygens (including phenoxy) is 3. The van der Waals surface area contributed by atoms with E-state index in [1.165, 1.54) is 16.0 Å². The quantitative estimate of drug-likeness (QED) is 0.600. The van der Waals surface area contributed by atoms with Crippen LogP contribution >= 0.6 is 0 Å². The van der Waals surface area contributed by atoms with E-state index in [-0.39, 0.29) is 0 Å². The van der Waals surface area contributed by atoms with E-state index in [1.54, 1.807) is 4.90 Å². The molecular weight excluding hydrogens is 380 g/mol. The summed E-state index contributed by atoms with van der Waals surface area (Å²) >= 11 is 0. The highest BCUT2D eigenvalue weighted by atomic mass is 16.7. The van der Waals surface area contributed by atoms with Crippen LogP contribution in [-0.4, -0.2) is 57.3 Å². The maximum Gasteiger partial charge on any atom is 0.231 e. The molecule has 1 atom stereocenters. The molecule has 6 nitrogen and oxygen atoms in total. The van der Waals surface area contributed by atoms with Crippen molar-refractivity contribution >= 4 is 0 Å². The number of fused-ring (bicyclic) bond motifs is 1. The van der Waals surface area contributed by atoms with E-state index in [2.05, 4.69) is 45.0 Å². The van der Waals surface area contributed by atoms with Gasteiger partial charge in [-0.1, -0.05) is 17.7 Å². The van der Waals surface area contributed by atoms with Gasteiger partial charge in [0.25, 0.3) is 0 Å². The number of benzene rings is 2. The third-order valence-electron chi connectivity index (χ3n) is 6.10. The van der Waals surface area contributed by atoms with Crippen molar-refractivity contribution < 1.29 is 29.1 Å². The number of hydrogen-bond acceptors (Lipinski definition) is 4. The molecule has 0 amide bonds. The summed E-state index contributed by atoms with van der Waals surface area (Å²) in [5.74, 6) is 2.61. The largest absolute Gasteiger partial charge is 0.490 e. The molecule has 0 aromatic heterocycles. The van der Waals surface area contributed by atoms with Gasteiger partial charge in [-0.15, -0.1) is 0 Å². The Hall–Kier alpha value is -2.28. The Morgan fingerprint density at radius 3 is 2.33 bits per heavy atom. The normalized spacial score (nSPS) is 21.5. The second-order valence-corrected chi connectivity index (χ2v) is 8.76. The summed E-state index contributed by atoms with van der Waals surface area (Å²) in [5.41, 5.74) is 4.79. The number of piperazine rings is 1. The Bertz CT molecular complexity index is 854. The predicted molar refractivity (Wildman–Crippen MR) is 115 cm³/mol. The topological polar surface area (TPSA) is 56.8 Å². The van der Waals surface area contributed by atoms with Crippen molar-refractivity contribution in [2.45, 2.75) is 33.4 Å². The maximum absolute atomic E-state index is 10.5. The molecule has 0 spiro atoms. The van der Waals surface area contributed by atoms with Gasteiger partial charge in [0.1, 0.15) is 57.7 Å². The third-order valence-corrected chi connectivity index (χ3v) is 6.10. The van der Waals surface area contributed by atoms with Crippen LogP contribution in [0.25, 0.3) is 0 Å². The van der Waals surface area contributed by atoms with Gasteiger partial charge in [-0.3, -0.25) is 0 Å². The minimum Gasteiger partial charge on any atom is -0.490 e. The van der Waals surface area contributed by atoms with Crippen LogP contribution in [0.15, 0.2) is 30.3 Å². The van der Waals surface area contributed by atoms with E-state index in [9.17, 15) is 5.11 Å². The molecule has 4 rings (SSSR count). The Kier molecular flexibility index (Phi) is 6.46. The number of aryl methyl sites for hydroxylation is 3. The van der Waals surface area contributed by atoms with Crippen molar-refractivity contribution in [1.82, 2.24) is 0 Å². The first kappa shape index (κ1) is 21.0. The van der Waals surface area contributed by atoms with Crippen LogP contribution in [0.3, 0.4) is 0 Å². The molecule has 2 heterocycles. The minimum absolute atomic E-state index is 0.322. The van der Waals surface area contributed by atoms with Gasteiger partial charge in [-0.2, -0.15) is 0 Å². The fraction of sp³-hybridized carbons (Fsp3) is 0.500. The van der Waals surface area contributed by atoms with E-state index in [1.807, 2.05) is 6.07 Å². The molecule has 0 aliphatic carbocycles. The smallest absolute Gasteiger partial charge is 0.231 e. The zero-order chi connectivity index (χ0) is 21.1. The highest BCUT2D eigenvalue weighted by molar-refractivity contribution is 5.44. The molecule has 2 aliphatic heterocycles. The molecule has 30 heavy (non-hydrogen) atoms. The summed E-state index contributed by atoms with van der Waals surface area (Å²) in [7, 11) is 0. The van der Waals surface area contributed by atoms with Gasteiger partial charge in [-0.25, -0.2) is 0 Å². The van der Waals surface area contributed by atoms with Gasteiger partial charge < -0.3 is 29.1 Å². The lowest BCUT2D eigenvalue weighted by molar-refractivity contribution is -1.02. The molecule has 1 saturated heterocycles. The first-order chi connectivity index (χ1) is 14.5. The number of nitrogens with one attached hydrogen (secondary N) is 2. The highest BCUT2D eigenvalue weighted by Crippen LogP contribution is 2.32. The Balaban J connectivity index is 1.21. The van der Waals surface area contributed by atoms with Crippen LogP contribution in [0.2, 0.25) is 0 Å². The number of quaternary nitrogens is 2. The second kappa shape index (κ2) is 9.25. The lowest BCUT2D eigenvalue weighted by Gasteiger charge is -2.31. The summed E-state index contributed by atoms with van der Waals surface area (Å²) in [5, 5.41) is 10.5. The van der Waals surface area contributed by atoms with Crippen molar-refractivity contribution in [3.8, 4) is 17.2 Å². The van der Waals surface area contributed by atoms with Crippen LogP contribution in [0.5, 0.6) is 17.2 Å². The maximum atomic E-state index is 10.5. The minimum atomic E-state index is -0.449. The average molecular weight is 415 g/mol. The van der Waals surface area contributed by atoms with Gasteiger partial charge in [0, 0.05) is 5.56 Å². The number of rotatable bonds is 7. The summed E-state index contributed by atoms with van der Waals surface area (Å²) in [6.45, 7) is 13.0. The molecule has 0 bridgehead atoms. The lowest BCUT2D eigenvalue weighted by atomic mass is 10.1. The molecule has 162 valence electrons. The molecule has 1 fully saturated rings. The zero-order valence-electron chi connectivity index (χ0n) is 18.3. The highest BCUT2D eigenvalue weighted by Gasteiger charge is 2.26. The standard InChI is InChI=1S/C24H32N2O4/c1-17-10-18(2)24(19(3)11-17)28-15-21(27)14-26-8-6-25(7-9-26)13-20-4-5-22-23(12-20)30-16-29-22/h4-5,10-12,21,27H,6-9,13-16H2,1-3H3/p+2/t21-/m0/s1. The van der Waals surface area contributed by atoms with E-state index in [0.717, 1.165) is 67.6 Å². The van der Waals surface area contributed by atoms with E-state index in [4.69, 9.17) is 14.2 Å². The molecule has 2 aromatic carbocycles. The number of hydrogen-bond donors (Lipinski definition) is 3. The van der Waals surface area contributed by atoms with Crippen molar-refractivity contribution in [2.75, 3.05) is 46.1 Å². The molecular formula is C24H34N2O4+2. The van der Waals surface area contributed by atoms with Gasteiger partial charge in [-0.05, 0) is 50.1 Å². The fourth-order valence-electron chi connectivity index (χ4n) is 4.64. The first-order valence-electron chi connectivity index (χ1n) is 10.9. The van der Waals surface area contributed by atoms with E-state index in [0.29, 0.717) is 13.4 Å². The summed E-state index contributed by atoms with van der Waals surface area (Å²) in [6.07, 6.45) is -0.449. The Labute approximate surface area is 179 Å². The third kappa shape index (κ3) is 5.06. The monoisotopic (exact) mass is 414 g/mol. The Morgan fingerprint density at radius 1 is 0.933 bits per heavy atom. The second-order valence-electron chi connectivity index (χ2n) is 8.76. The number of aliphatic hydroxyl groups excluding tert-OH is 1. The molecule has 6 heteroatoms.